The van der Waals surface area contributed by atoms with E-state index in [1.165, 1.54) is 11.1 Å². The first kappa shape index (κ1) is 13.7. The fourth-order valence-electron chi connectivity index (χ4n) is 0.838. The number of rotatable bonds is 5. The van der Waals surface area contributed by atoms with E-state index in [2.05, 4.69) is 52.0 Å². The predicted octanol–water partition coefficient (Wildman–Crippen LogP) is 4.98. The van der Waals surface area contributed by atoms with Crippen LogP contribution in [0.15, 0.2) is 59.8 Å². The highest BCUT2D eigenvalue weighted by atomic mass is 13.9. The topological polar surface area (TPSA) is 0 Å². The Morgan fingerprint density at radius 2 is 1.33 bits per heavy atom. The molecule has 0 amide bonds. The molecule has 0 aromatic heterocycles. The van der Waals surface area contributed by atoms with E-state index in [0.29, 0.717) is 0 Å². The van der Waals surface area contributed by atoms with Crippen LogP contribution in [0.2, 0.25) is 0 Å². The van der Waals surface area contributed by atoms with Gasteiger partial charge < -0.3 is 0 Å². The molecule has 0 spiro atoms. The molecule has 0 aliphatic rings. The third-order valence-electron chi connectivity index (χ3n) is 2.06. The van der Waals surface area contributed by atoms with E-state index < -0.39 is 0 Å². The van der Waals surface area contributed by atoms with Crippen LogP contribution in [0.25, 0.3) is 0 Å². The Hall–Kier alpha value is -1.30. The minimum atomic E-state index is 1.09. The van der Waals surface area contributed by atoms with Crippen molar-refractivity contribution in [1.29, 1.82) is 0 Å². The highest BCUT2D eigenvalue weighted by Crippen LogP contribution is 2.02. The highest BCUT2D eigenvalue weighted by molar-refractivity contribution is 5.25. The Kier molecular flexibility index (Phi) is 8.46. The molecule has 0 fully saturated rings. The van der Waals surface area contributed by atoms with Crippen molar-refractivity contribution in [2.24, 2.45) is 0 Å². The summed E-state index contributed by atoms with van der Waals surface area (Å²) in [6.45, 7) is 8.50. The van der Waals surface area contributed by atoms with Gasteiger partial charge in [0.15, 0.2) is 0 Å². The van der Waals surface area contributed by atoms with Gasteiger partial charge in [-0.15, -0.1) is 0 Å². The molecule has 0 aliphatic carbocycles. The van der Waals surface area contributed by atoms with Gasteiger partial charge in [-0.1, -0.05) is 66.7 Å². The zero-order valence-corrected chi connectivity index (χ0v) is 10.3. The van der Waals surface area contributed by atoms with Crippen LogP contribution < -0.4 is 0 Å². The van der Waals surface area contributed by atoms with E-state index in [9.17, 15) is 0 Å². The van der Waals surface area contributed by atoms with Crippen LogP contribution in [0.1, 0.15) is 34.1 Å². The van der Waals surface area contributed by atoms with Gasteiger partial charge >= 0.3 is 0 Å². The molecular weight excluding hydrogens is 180 g/mol. The molecule has 0 heterocycles. The SMILES string of the molecule is CCC=CC=CC=CC=CC(C)=C(C)C. The molecule has 0 unspecified atom stereocenters. The third kappa shape index (κ3) is 9.01. The maximum Gasteiger partial charge on any atom is -0.0376 e. The first-order valence-corrected chi connectivity index (χ1v) is 5.49. The lowest BCUT2D eigenvalue weighted by molar-refractivity contribution is 1.22. The molecule has 0 radical (unpaired) electrons. The molecular formula is C15H22. The summed E-state index contributed by atoms with van der Waals surface area (Å²) in [6, 6.07) is 0. The van der Waals surface area contributed by atoms with Crippen LogP contribution in [0.5, 0.6) is 0 Å². The minimum Gasteiger partial charge on any atom is -0.0848 e. The molecule has 0 atom stereocenters. The summed E-state index contributed by atoms with van der Waals surface area (Å²) in [5.74, 6) is 0. The quantitative estimate of drug-likeness (QED) is 0.552. The van der Waals surface area contributed by atoms with Gasteiger partial charge in [-0.25, -0.2) is 0 Å². The van der Waals surface area contributed by atoms with Crippen molar-refractivity contribution in [1.82, 2.24) is 0 Å². The summed E-state index contributed by atoms with van der Waals surface area (Å²) in [4.78, 5) is 0. The molecule has 0 saturated carbocycles. The molecule has 0 saturated heterocycles. The fourth-order valence-corrected chi connectivity index (χ4v) is 0.838. The van der Waals surface area contributed by atoms with Crippen LogP contribution in [0.4, 0.5) is 0 Å². The molecule has 0 aliphatic heterocycles. The highest BCUT2D eigenvalue weighted by Gasteiger charge is 1.81. The third-order valence-corrected chi connectivity index (χ3v) is 2.06. The summed E-state index contributed by atoms with van der Waals surface area (Å²) in [7, 11) is 0. The van der Waals surface area contributed by atoms with E-state index in [1.807, 2.05) is 24.3 Å². The van der Waals surface area contributed by atoms with Crippen molar-refractivity contribution in [3.63, 3.8) is 0 Å². The summed E-state index contributed by atoms with van der Waals surface area (Å²) >= 11 is 0. The van der Waals surface area contributed by atoms with Crippen LogP contribution >= 0.6 is 0 Å². The van der Waals surface area contributed by atoms with Crippen molar-refractivity contribution in [2.45, 2.75) is 34.1 Å². The second kappa shape index (κ2) is 9.26. The molecule has 0 nitrogen and oxygen atoms in total. The van der Waals surface area contributed by atoms with Gasteiger partial charge in [0.2, 0.25) is 0 Å². The smallest absolute Gasteiger partial charge is 0.0376 e. The lowest BCUT2D eigenvalue weighted by Gasteiger charge is -1.92. The van der Waals surface area contributed by atoms with E-state index in [1.54, 1.807) is 0 Å². The van der Waals surface area contributed by atoms with E-state index in [-0.39, 0.29) is 0 Å². The second-order valence-corrected chi connectivity index (χ2v) is 3.65. The lowest BCUT2D eigenvalue weighted by atomic mass is 10.1. The fraction of sp³-hybridized carbons (Fsp3) is 0.333. The van der Waals surface area contributed by atoms with Gasteiger partial charge in [-0.05, 0) is 27.2 Å². The Labute approximate surface area is 94.4 Å². The lowest BCUT2D eigenvalue weighted by Crippen LogP contribution is -1.71. The van der Waals surface area contributed by atoms with Crippen LogP contribution in [-0.4, -0.2) is 0 Å². The summed E-state index contributed by atoms with van der Waals surface area (Å²) in [6.07, 6.45) is 17.6. The van der Waals surface area contributed by atoms with Crippen LogP contribution in [0.3, 0.4) is 0 Å². The summed E-state index contributed by atoms with van der Waals surface area (Å²) < 4.78 is 0. The Morgan fingerprint density at radius 3 is 1.87 bits per heavy atom. The Bertz CT molecular complexity index is 292. The number of hydrogen-bond acceptors (Lipinski definition) is 0. The molecule has 0 rings (SSSR count). The van der Waals surface area contributed by atoms with E-state index >= 15 is 0 Å². The van der Waals surface area contributed by atoms with Crippen molar-refractivity contribution >= 4 is 0 Å². The monoisotopic (exact) mass is 202 g/mol. The van der Waals surface area contributed by atoms with Gasteiger partial charge in [0.1, 0.15) is 0 Å². The Balaban J connectivity index is 3.96. The number of hydrogen-bond donors (Lipinski definition) is 0. The molecule has 0 aromatic carbocycles. The number of allylic oxidation sites excluding steroid dienone is 10. The Morgan fingerprint density at radius 1 is 0.800 bits per heavy atom. The van der Waals surface area contributed by atoms with Crippen molar-refractivity contribution < 1.29 is 0 Å². The molecule has 15 heavy (non-hydrogen) atoms. The molecule has 0 N–H and O–H groups in total. The second-order valence-electron chi connectivity index (χ2n) is 3.65. The normalized spacial score (nSPS) is 12.5. The minimum absolute atomic E-state index is 1.09. The maximum atomic E-state index is 2.13. The molecule has 82 valence electrons. The van der Waals surface area contributed by atoms with Gasteiger partial charge in [0.05, 0.1) is 0 Å². The van der Waals surface area contributed by atoms with Crippen molar-refractivity contribution in [3.05, 3.63) is 59.8 Å². The average Bonchev–Trinajstić information content (AvgIpc) is 2.21. The van der Waals surface area contributed by atoms with Gasteiger partial charge in [0.25, 0.3) is 0 Å². The van der Waals surface area contributed by atoms with Crippen molar-refractivity contribution in [3.8, 4) is 0 Å². The largest absolute Gasteiger partial charge is 0.0848 e. The zero-order valence-electron chi connectivity index (χ0n) is 10.3. The first-order chi connectivity index (χ1) is 7.18. The predicted molar refractivity (Wildman–Crippen MR) is 70.9 cm³/mol. The van der Waals surface area contributed by atoms with E-state index in [0.717, 1.165) is 6.42 Å². The van der Waals surface area contributed by atoms with Gasteiger partial charge in [0, 0.05) is 0 Å². The van der Waals surface area contributed by atoms with E-state index in [4.69, 9.17) is 0 Å². The molecule has 0 aromatic rings. The first-order valence-electron chi connectivity index (χ1n) is 5.49. The van der Waals surface area contributed by atoms with Crippen LogP contribution in [-0.2, 0) is 0 Å². The average molecular weight is 202 g/mol. The van der Waals surface area contributed by atoms with Gasteiger partial charge in [-0.2, -0.15) is 0 Å². The van der Waals surface area contributed by atoms with Crippen molar-refractivity contribution in [2.75, 3.05) is 0 Å². The summed E-state index contributed by atoms with van der Waals surface area (Å²) in [5.41, 5.74) is 2.69. The maximum absolute atomic E-state index is 2.13. The van der Waals surface area contributed by atoms with Crippen LogP contribution in [0, 0.1) is 0 Å². The zero-order chi connectivity index (χ0) is 11.5. The summed E-state index contributed by atoms with van der Waals surface area (Å²) in [5, 5.41) is 0. The molecule has 0 bridgehead atoms. The standard InChI is InChI=1S/C15H22/c1-5-6-7-8-9-10-11-12-13-15(4)14(2)3/h6-13H,5H2,1-4H3. The van der Waals surface area contributed by atoms with Gasteiger partial charge in [-0.3, -0.25) is 0 Å². The molecule has 0 heteroatoms.